The van der Waals surface area contributed by atoms with Crippen molar-refractivity contribution < 1.29 is 24.2 Å². The quantitative estimate of drug-likeness (QED) is 0.596. The van der Waals surface area contributed by atoms with Crippen LogP contribution < -0.4 is 10.6 Å². The van der Waals surface area contributed by atoms with Crippen LogP contribution in [-0.2, 0) is 19.1 Å². The van der Waals surface area contributed by atoms with Gasteiger partial charge in [-0.3, -0.25) is 14.4 Å². The van der Waals surface area contributed by atoms with E-state index >= 15 is 0 Å². The molecule has 8 nitrogen and oxygen atoms in total. The molecule has 0 aromatic heterocycles. The number of anilines is 1. The average molecular weight is 464 g/mol. The number of likely N-dealkylation sites (tertiary alicyclic amines) is 1. The fourth-order valence-electron chi connectivity index (χ4n) is 5.96. The number of ether oxygens (including phenoxy) is 1. The summed E-state index contributed by atoms with van der Waals surface area (Å²) in [5.41, 5.74) is -1.54. The van der Waals surface area contributed by atoms with E-state index in [1.165, 1.54) is 11.9 Å². The monoisotopic (exact) mass is 463 g/mol. The second kappa shape index (κ2) is 8.01. The Bertz CT molecular complexity index is 955. The van der Waals surface area contributed by atoms with Gasteiger partial charge in [0, 0.05) is 7.05 Å². The van der Waals surface area contributed by atoms with Gasteiger partial charge in [0.25, 0.3) is 0 Å². The minimum atomic E-state index is -1.14. The SMILES string of the molecule is CNC(=O)[C@@H]1[C@H]2C(=O)N([C@@H](CO)C(C)C)C(C(=O)Nc3ccccc3Cl)C23CC[C@@]1(C)O3. The Morgan fingerprint density at radius 3 is 2.56 bits per heavy atom. The number of nitrogens with one attached hydrogen (secondary N) is 2. The molecule has 6 atom stereocenters. The van der Waals surface area contributed by atoms with Gasteiger partial charge in [0.05, 0.1) is 40.8 Å². The van der Waals surface area contributed by atoms with Crippen molar-refractivity contribution in [2.24, 2.45) is 17.8 Å². The fourth-order valence-corrected chi connectivity index (χ4v) is 6.14. The number of fused-ring (bicyclic) bond motifs is 1. The van der Waals surface area contributed by atoms with E-state index in [4.69, 9.17) is 16.3 Å². The molecular formula is C23H30ClN3O5. The molecule has 32 heavy (non-hydrogen) atoms. The van der Waals surface area contributed by atoms with Crippen LogP contribution in [0.5, 0.6) is 0 Å². The Hall–Kier alpha value is -2.16. The highest BCUT2D eigenvalue weighted by atomic mass is 35.5. The van der Waals surface area contributed by atoms with Gasteiger partial charge in [-0.05, 0) is 37.8 Å². The minimum absolute atomic E-state index is 0.110. The Morgan fingerprint density at radius 1 is 1.28 bits per heavy atom. The van der Waals surface area contributed by atoms with Crippen molar-refractivity contribution >= 4 is 35.0 Å². The lowest BCUT2D eigenvalue weighted by Gasteiger charge is -2.38. The molecule has 0 aliphatic carbocycles. The van der Waals surface area contributed by atoms with E-state index in [1.54, 1.807) is 24.3 Å². The average Bonchev–Trinajstić information content (AvgIpc) is 3.31. The molecule has 3 aliphatic heterocycles. The molecule has 1 aromatic carbocycles. The number of nitrogens with zero attached hydrogens (tertiary/aromatic N) is 1. The predicted molar refractivity (Wildman–Crippen MR) is 119 cm³/mol. The molecule has 1 aromatic rings. The van der Waals surface area contributed by atoms with Gasteiger partial charge >= 0.3 is 0 Å². The Labute approximate surface area is 192 Å². The second-order valence-electron chi connectivity index (χ2n) is 9.55. The van der Waals surface area contributed by atoms with E-state index in [2.05, 4.69) is 10.6 Å². The Kier molecular flexibility index (Phi) is 5.76. The van der Waals surface area contributed by atoms with Crippen LogP contribution >= 0.6 is 11.6 Å². The summed E-state index contributed by atoms with van der Waals surface area (Å²) in [4.78, 5) is 41.9. The van der Waals surface area contributed by atoms with Crippen LogP contribution in [-0.4, -0.2) is 64.7 Å². The van der Waals surface area contributed by atoms with Crippen molar-refractivity contribution in [2.75, 3.05) is 19.0 Å². The molecule has 3 heterocycles. The van der Waals surface area contributed by atoms with Gasteiger partial charge in [0.15, 0.2) is 0 Å². The summed E-state index contributed by atoms with van der Waals surface area (Å²) in [7, 11) is 1.54. The first kappa shape index (κ1) is 23.0. The summed E-state index contributed by atoms with van der Waals surface area (Å²) < 4.78 is 6.48. The van der Waals surface area contributed by atoms with Crippen LogP contribution in [0.25, 0.3) is 0 Å². The number of amides is 3. The number of hydrogen-bond donors (Lipinski definition) is 3. The van der Waals surface area contributed by atoms with Crippen LogP contribution in [0.15, 0.2) is 24.3 Å². The predicted octanol–water partition coefficient (Wildman–Crippen LogP) is 1.81. The first-order chi connectivity index (χ1) is 15.1. The molecule has 2 bridgehead atoms. The van der Waals surface area contributed by atoms with Crippen LogP contribution in [0.4, 0.5) is 5.69 Å². The van der Waals surface area contributed by atoms with E-state index in [9.17, 15) is 19.5 Å². The third kappa shape index (κ3) is 3.15. The summed E-state index contributed by atoms with van der Waals surface area (Å²) in [6.45, 7) is 5.31. The second-order valence-corrected chi connectivity index (χ2v) is 9.96. The smallest absolute Gasteiger partial charge is 0.250 e. The van der Waals surface area contributed by atoms with Crippen molar-refractivity contribution in [2.45, 2.75) is 56.9 Å². The molecule has 3 amide bonds. The zero-order valence-corrected chi connectivity index (χ0v) is 19.5. The molecule has 9 heteroatoms. The zero-order chi connectivity index (χ0) is 23.4. The van der Waals surface area contributed by atoms with Gasteiger partial charge in [-0.15, -0.1) is 0 Å². The van der Waals surface area contributed by atoms with E-state index < -0.39 is 41.0 Å². The minimum Gasteiger partial charge on any atom is -0.394 e. The van der Waals surface area contributed by atoms with Gasteiger partial charge in [-0.25, -0.2) is 0 Å². The maximum absolute atomic E-state index is 13.8. The molecule has 0 radical (unpaired) electrons. The summed E-state index contributed by atoms with van der Waals surface area (Å²) in [6, 6.07) is 5.28. The van der Waals surface area contributed by atoms with E-state index in [0.29, 0.717) is 23.6 Å². The maximum Gasteiger partial charge on any atom is 0.250 e. The molecule has 2 unspecified atom stereocenters. The summed E-state index contributed by atoms with van der Waals surface area (Å²) in [5, 5.41) is 16.0. The first-order valence-corrected chi connectivity index (χ1v) is 11.4. The number of hydrogen-bond acceptors (Lipinski definition) is 5. The molecule has 3 fully saturated rings. The van der Waals surface area contributed by atoms with E-state index in [1.807, 2.05) is 20.8 Å². The molecule has 3 aliphatic rings. The summed E-state index contributed by atoms with van der Waals surface area (Å²) in [6.07, 6.45) is 1.03. The molecule has 4 rings (SSSR count). The number of aliphatic hydroxyl groups is 1. The topological polar surface area (TPSA) is 108 Å². The number of rotatable bonds is 6. The lowest BCUT2D eigenvalue weighted by atomic mass is 9.66. The van der Waals surface area contributed by atoms with Crippen molar-refractivity contribution in [3.8, 4) is 0 Å². The standard InChI is InChI=1S/C23H30ClN3O5/c1-12(2)15(11-28)27-18(20(30)26-14-8-6-5-7-13(14)24)23-10-9-22(3,32-23)16(19(29)25-4)17(23)21(27)31/h5-8,12,15-18,28H,9-11H2,1-4H3,(H,25,29)(H,26,30)/t15-,16-,17-,18?,22+,23?/m0/s1. The lowest BCUT2D eigenvalue weighted by molar-refractivity contribution is -0.149. The zero-order valence-electron chi connectivity index (χ0n) is 18.7. The third-order valence-electron chi connectivity index (χ3n) is 7.44. The number of carbonyl (C=O) groups excluding carboxylic acids is 3. The lowest BCUT2D eigenvalue weighted by Crippen LogP contribution is -2.57. The molecule has 0 saturated carbocycles. The summed E-state index contributed by atoms with van der Waals surface area (Å²) >= 11 is 6.25. The highest BCUT2D eigenvalue weighted by Gasteiger charge is 2.78. The molecular weight excluding hydrogens is 434 g/mol. The van der Waals surface area contributed by atoms with Crippen molar-refractivity contribution in [3.05, 3.63) is 29.3 Å². The Morgan fingerprint density at radius 2 is 1.97 bits per heavy atom. The van der Waals surface area contributed by atoms with Crippen molar-refractivity contribution in [3.63, 3.8) is 0 Å². The van der Waals surface area contributed by atoms with Gasteiger partial charge in [-0.2, -0.15) is 0 Å². The van der Waals surface area contributed by atoms with Crippen LogP contribution in [0.1, 0.15) is 33.6 Å². The number of benzene rings is 1. The number of halogens is 1. The Balaban J connectivity index is 1.81. The maximum atomic E-state index is 13.8. The highest BCUT2D eigenvalue weighted by Crippen LogP contribution is 2.63. The molecule has 174 valence electrons. The fraction of sp³-hybridized carbons (Fsp3) is 0.609. The first-order valence-electron chi connectivity index (χ1n) is 11.0. The van der Waals surface area contributed by atoms with Crippen molar-refractivity contribution in [1.29, 1.82) is 0 Å². The highest BCUT2D eigenvalue weighted by molar-refractivity contribution is 6.33. The van der Waals surface area contributed by atoms with Crippen LogP contribution in [0, 0.1) is 17.8 Å². The molecule has 3 saturated heterocycles. The third-order valence-corrected chi connectivity index (χ3v) is 7.77. The van der Waals surface area contributed by atoms with Gasteiger partial charge in [0.1, 0.15) is 11.6 Å². The molecule has 3 N–H and O–H groups in total. The van der Waals surface area contributed by atoms with Crippen LogP contribution in [0.3, 0.4) is 0 Å². The van der Waals surface area contributed by atoms with E-state index in [-0.39, 0.29) is 24.3 Å². The van der Waals surface area contributed by atoms with Crippen molar-refractivity contribution in [1.82, 2.24) is 10.2 Å². The van der Waals surface area contributed by atoms with E-state index in [0.717, 1.165) is 0 Å². The normalized spacial score (nSPS) is 34.0. The largest absolute Gasteiger partial charge is 0.394 e. The van der Waals surface area contributed by atoms with Gasteiger partial charge in [-0.1, -0.05) is 37.6 Å². The van der Waals surface area contributed by atoms with Crippen LogP contribution in [0.2, 0.25) is 5.02 Å². The van der Waals surface area contributed by atoms with Gasteiger partial charge in [0.2, 0.25) is 17.7 Å². The summed E-state index contributed by atoms with van der Waals surface area (Å²) in [5.74, 6) is -2.65. The number of aliphatic hydroxyl groups excluding tert-OH is 1. The molecule has 1 spiro atoms. The number of carbonyl (C=O) groups is 3. The van der Waals surface area contributed by atoms with Gasteiger partial charge < -0.3 is 25.4 Å². The number of para-hydroxylation sites is 1.